The lowest BCUT2D eigenvalue weighted by Gasteiger charge is -2.25. The monoisotopic (exact) mass is 456 g/mol. The number of hydrogen-bond donors (Lipinski definition) is 2. The molecule has 1 heterocycles. The molecular weight excluding hydrogens is 424 g/mol. The molecule has 0 saturated carbocycles. The number of guanidine groups is 1. The van der Waals surface area contributed by atoms with Gasteiger partial charge < -0.3 is 10.1 Å². The van der Waals surface area contributed by atoms with E-state index in [1.54, 1.807) is 0 Å². The fourth-order valence-corrected chi connectivity index (χ4v) is 3.53. The molecule has 1 amide bonds. The Morgan fingerprint density at radius 2 is 1.81 bits per heavy atom. The fraction of sp³-hybridized carbons (Fsp3) is 0.440. The van der Waals surface area contributed by atoms with Gasteiger partial charge in [-0.05, 0) is 47.7 Å². The summed E-state index contributed by atoms with van der Waals surface area (Å²) in [4.78, 5) is 19.8. The highest BCUT2D eigenvalue weighted by Crippen LogP contribution is 2.22. The Labute approximate surface area is 196 Å². The maximum absolute atomic E-state index is 12.9. The average molecular weight is 457 g/mol. The molecule has 0 aromatic heterocycles. The molecule has 1 fully saturated rings. The van der Waals surface area contributed by atoms with Crippen molar-refractivity contribution < 1.29 is 9.53 Å². The fourth-order valence-electron chi connectivity index (χ4n) is 3.35. The van der Waals surface area contributed by atoms with Gasteiger partial charge in [0.2, 0.25) is 5.96 Å². The second-order valence-corrected chi connectivity index (χ2v) is 9.46. The van der Waals surface area contributed by atoms with Crippen LogP contribution in [-0.4, -0.2) is 56.2 Å². The molecule has 2 aromatic rings. The summed E-state index contributed by atoms with van der Waals surface area (Å²) in [5.74, 6) is 0.198. The number of nitrogens with zero attached hydrogens (tertiary/aromatic N) is 2. The van der Waals surface area contributed by atoms with Crippen LogP contribution < -0.4 is 10.6 Å². The van der Waals surface area contributed by atoms with Crippen LogP contribution in [0.15, 0.2) is 47.5 Å². The summed E-state index contributed by atoms with van der Waals surface area (Å²) in [6.45, 7) is 13.1. The minimum atomic E-state index is -0.207. The van der Waals surface area contributed by atoms with E-state index in [1.807, 2.05) is 49.4 Å². The summed E-state index contributed by atoms with van der Waals surface area (Å²) in [5, 5.41) is 6.80. The van der Waals surface area contributed by atoms with Crippen LogP contribution in [0.1, 0.15) is 42.3 Å². The van der Waals surface area contributed by atoms with Crippen molar-refractivity contribution in [1.82, 2.24) is 10.2 Å². The van der Waals surface area contributed by atoms with E-state index in [-0.39, 0.29) is 11.3 Å². The molecule has 0 aliphatic carbocycles. The normalized spacial score (nSPS) is 15.5. The number of amides is 1. The number of carbonyl (C=O) groups excluding carboxylic acids is 1. The zero-order chi connectivity index (χ0) is 23.1. The number of hydrogen-bond acceptors (Lipinski definition) is 4. The zero-order valence-electron chi connectivity index (χ0n) is 19.4. The van der Waals surface area contributed by atoms with E-state index in [9.17, 15) is 4.79 Å². The molecule has 2 N–H and O–H groups in total. The summed E-state index contributed by atoms with van der Waals surface area (Å²) >= 11 is 6.27. The van der Waals surface area contributed by atoms with Crippen LogP contribution in [0.4, 0.5) is 5.69 Å². The maximum Gasteiger partial charge on any atom is 0.257 e. The molecule has 2 aromatic carbocycles. The Balaban J connectivity index is 1.72. The lowest BCUT2D eigenvalue weighted by molar-refractivity contribution is 0.0394. The molecule has 0 spiro atoms. The summed E-state index contributed by atoms with van der Waals surface area (Å²) in [7, 11) is 0. The number of nitrogens with one attached hydrogen (secondary N) is 2. The Hall–Kier alpha value is -2.41. The number of aliphatic imine (C=N–C) groups is 1. The van der Waals surface area contributed by atoms with Gasteiger partial charge in [-0.3, -0.25) is 20.0 Å². The van der Waals surface area contributed by atoms with Crippen molar-refractivity contribution in [1.29, 1.82) is 0 Å². The van der Waals surface area contributed by atoms with Gasteiger partial charge in [0.25, 0.3) is 5.91 Å². The summed E-state index contributed by atoms with van der Waals surface area (Å²) in [5.41, 5.74) is 3.57. The van der Waals surface area contributed by atoms with Gasteiger partial charge in [-0.25, -0.2) is 0 Å². The molecule has 6 nitrogen and oxygen atoms in total. The van der Waals surface area contributed by atoms with Crippen molar-refractivity contribution in [3.8, 4) is 0 Å². The van der Waals surface area contributed by atoms with E-state index in [2.05, 4.69) is 41.3 Å². The minimum absolute atomic E-state index is 0.0351. The van der Waals surface area contributed by atoms with Crippen molar-refractivity contribution in [2.24, 2.45) is 4.99 Å². The molecule has 1 aliphatic rings. The number of halogens is 1. The summed E-state index contributed by atoms with van der Waals surface area (Å²) in [6.07, 6.45) is 0. The molecule has 1 aliphatic heterocycles. The standard InChI is InChI=1S/C25H33ClN4O2/c1-18-5-10-21(17-22(18)26)28-24(27-11-12-30-13-15-32-16-14-30)29-23(31)19-6-8-20(9-7-19)25(2,3)4/h5-10,17H,11-16H2,1-4H3,(H2,27,28,29,31). The average Bonchev–Trinajstić information content (AvgIpc) is 2.76. The first-order valence-electron chi connectivity index (χ1n) is 11.0. The lowest BCUT2D eigenvalue weighted by atomic mass is 9.87. The van der Waals surface area contributed by atoms with Crippen LogP contribution in [0.2, 0.25) is 5.02 Å². The summed E-state index contributed by atoms with van der Waals surface area (Å²) < 4.78 is 5.40. The molecule has 172 valence electrons. The van der Waals surface area contributed by atoms with Gasteiger partial charge in [0, 0.05) is 35.9 Å². The van der Waals surface area contributed by atoms with E-state index in [1.165, 1.54) is 5.56 Å². The maximum atomic E-state index is 12.9. The number of anilines is 1. The third-order valence-electron chi connectivity index (χ3n) is 5.47. The third kappa shape index (κ3) is 7.05. The van der Waals surface area contributed by atoms with Gasteiger partial charge >= 0.3 is 0 Å². The van der Waals surface area contributed by atoms with Crippen molar-refractivity contribution in [3.05, 3.63) is 64.2 Å². The first kappa shape index (κ1) is 24.2. The Bertz CT molecular complexity index is 945. The molecular formula is C25H33ClN4O2. The second-order valence-electron chi connectivity index (χ2n) is 9.05. The highest BCUT2D eigenvalue weighted by atomic mass is 35.5. The molecule has 3 rings (SSSR count). The van der Waals surface area contributed by atoms with E-state index in [0.717, 1.165) is 44.1 Å². The molecule has 0 unspecified atom stereocenters. The number of aryl methyl sites for hydroxylation is 1. The quantitative estimate of drug-likeness (QED) is 0.514. The first-order valence-corrected chi connectivity index (χ1v) is 11.4. The van der Waals surface area contributed by atoms with Crippen molar-refractivity contribution in [2.45, 2.75) is 33.1 Å². The molecule has 32 heavy (non-hydrogen) atoms. The van der Waals surface area contributed by atoms with Gasteiger partial charge in [0.15, 0.2) is 0 Å². The number of ether oxygens (including phenoxy) is 1. The van der Waals surface area contributed by atoms with Crippen LogP contribution >= 0.6 is 11.6 Å². The van der Waals surface area contributed by atoms with Crippen LogP contribution in [-0.2, 0) is 10.2 Å². The number of rotatable bonds is 5. The topological polar surface area (TPSA) is 66.0 Å². The van der Waals surface area contributed by atoms with Crippen molar-refractivity contribution >= 4 is 29.2 Å². The van der Waals surface area contributed by atoms with Gasteiger partial charge in [-0.2, -0.15) is 0 Å². The number of benzene rings is 2. The van der Waals surface area contributed by atoms with Gasteiger partial charge in [-0.15, -0.1) is 0 Å². The second kappa shape index (κ2) is 10.9. The zero-order valence-corrected chi connectivity index (χ0v) is 20.1. The smallest absolute Gasteiger partial charge is 0.257 e. The number of carbonyl (C=O) groups is 1. The van der Waals surface area contributed by atoms with E-state index < -0.39 is 0 Å². The van der Waals surface area contributed by atoms with Crippen molar-refractivity contribution in [3.63, 3.8) is 0 Å². The van der Waals surface area contributed by atoms with Crippen LogP contribution in [0.5, 0.6) is 0 Å². The lowest BCUT2D eigenvalue weighted by Crippen LogP contribution is -2.39. The van der Waals surface area contributed by atoms with E-state index in [0.29, 0.717) is 23.1 Å². The van der Waals surface area contributed by atoms with E-state index in [4.69, 9.17) is 16.3 Å². The van der Waals surface area contributed by atoms with Gasteiger partial charge in [-0.1, -0.05) is 50.6 Å². The van der Waals surface area contributed by atoms with Crippen molar-refractivity contribution in [2.75, 3.05) is 44.7 Å². The Kier molecular flexibility index (Phi) is 8.29. The summed E-state index contributed by atoms with van der Waals surface area (Å²) in [6, 6.07) is 13.4. The number of morpholine rings is 1. The molecule has 1 saturated heterocycles. The van der Waals surface area contributed by atoms with Gasteiger partial charge in [0.05, 0.1) is 19.8 Å². The highest BCUT2D eigenvalue weighted by Gasteiger charge is 2.16. The molecule has 0 bridgehead atoms. The minimum Gasteiger partial charge on any atom is -0.379 e. The van der Waals surface area contributed by atoms with E-state index >= 15 is 0 Å². The van der Waals surface area contributed by atoms with Crippen LogP contribution in [0, 0.1) is 6.92 Å². The van der Waals surface area contributed by atoms with Crippen LogP contribution in [0.3, 0.4) is 0 Å². The largest absolute Gasteiger partial charge is 0.379 e. The molecule has 0 radical (unpaired) electrons. The SMILES string of the molecule is Cc1ccc(NC(=NCCN2CCOCC2)NC(=O)c2ccc(C(C)(C)C)cc2)cc1Cl. The van der Waals surface area contributed by atoms with Crippen LogP contribution in [0.25, 0.3) is 0 Å². The predicted molar refractivity (Wildman–Crippen MR) is 132 cm³/mol. The Morgan fingerprint density at radius 1 is 1.12 bits per heavy atom. The highest BCUT2D eigenvalue weighted by molar-refractivity contribution is 6.31. The third-order valence-corrected chi connectivity index (χ3v) is 5.88. The predicted octanol–water partition coefficient (Wildman–Crippen LogP) is 4.48. The molecule has 7 heteroatoms. The first-order chi connectivity index (χ1) is 15.2. The molecule has 0 atom stereocenters. The Morgan fingerprint density at radius 3 is 2.44 bits per heavy atom. The van der Waals surface area contributed by atoms with Gasteiger partial charge in [0.1, 0.15) is 0 Å².